The highest BCUT2D eigenvalue weighted by molar-refractivity contribution is 5.79. The standard InChI is InChI=1S/C13H12N4O4/c1-8-2-3-9(6-11(8)17(19)20)12-5-4-10(21-12)7-15-16-13(14)18/h2-7H,1H3,(H3,14,16,18)/b15-7-. The predicted molar refractivity (Wildman–Crippen MR) is 75.8 cm³/mol. The lowest BCUT2D eigenvalue weighted by Crippen LogP contribution is -2.24. The number of hydrogen-bond donors (Lipinski definition) is 2. The van der Waals surface area contributed by atoms with Gasteiger partial charge in [-0.15, -0.1) is 0 Å². The van der Waals surface area contributed by atoms with Gasteiger partial charge in [-0.3, -0.25) is 10.1 Å². The number of nitro benzene ring substituents is 1. The quantitative estimate of drug-likeness (QED) is 0.508. The van der Waals surface area contributed by atoms with Crippen molar-refractivity contribution in [3.05, 3.63) is 51.8 Å². The SMILES string of the molecule is Cc1ccc(-c2ccc(/C=N\NC(N)=O)o2)cc1[N+](=O)[O-]. The Balaban J connectivity index is 2.25. The topological polar surface area (TPSA) is 124 Å². The van der Waals surface area contributed by atoms with Gasteiger partial charge >= 0.3 is 6.03 Å². The second-order valence-electron chi connectivity index (χ2n) is 4.19. The number of urea groups is 1. The first kappa shape index (κ1) is 14.3. The number of nitrogens with two attached hydrogens (primary N) is 1. The average Bonchev–Trinajstić information content (AvgIpc) is 2.87. The number of nitro groups is 1. The van der Waals surface area contributed by atoms with Crippen LogP contribution in [0.25, 0.3) is 11.3 Å². The van der Waals surface area contributed by atoms with Crippen molar-refractivity contribution in [1.82, 2.24) is 5.43 Å². The molecule has 2 aromatic rings. The number of primary amides is 1. The van der Waals surface area contributed by atoms with Crippen molar-refractivity contribution in [1.29, 1.82) is 0 Å². The van der Waals surface area contributed by atoms with Crippen molar-refractivity contribution in [2.75, 3.05) is 0 Å². The summed E-state index contributed by atoms with van der Waals surface area (Å²) in [4.78, 5) is 20.9. The van der Waals surface area contributed by atoms with Gasteiger partial charge in [-0.25, -0.2) is 10.2 Å². The van der Waals surface area contributed by atoms with E-state index in [0.29, 0.717) is 22.6 Å². The van der Waals surface area contributed by atoms with Gasteiger partial charge < -0.3 is 10.2 Å². The second-order valence-corrected chi connectivity index (χ2v) is 4.19. The van der Waals surface area contributed by atoms with Gasteiger partial charge in [-0.05, 0) is 19.1 Å². The Morgan fingerprint density at radius 3 is 2.86 bits per heavy atom. The van der Waals surface area contributed by atoms with Crippen LogP contribution in [-0.2, 0) is 0 Å². The molecule has 0 atom stereocenters. The van der Waals surface area contributed by atoms with Gasteiger partial charge in [0.2, 0.25) is 0 Å². The summed E-state index contributed by atoms with van der Waals surface area (Å²) in [6.45, 7) is 1.66. The van der Waals surface area contributed by atoms with E-state index in [1.807, 2.05) is 5.43 Å². The molecule has 0 aliphatic carbocycles. The molecule has 8 heteroatoms. The molecule has 0 saturated carbocycles. The fraction of sp³-hybridized carbons (Fsp3) is 0.0769. The number of carbonyl (C=O) groups is 1. The Morgan fingerprint density at radius 2 is 2.19 bits per heavy atom. The first-order valence-corrected chi connectivity index (χ1v) is 5.91. The summed E-state index contributed by atoms with van der Waals surface area (Å²) in [7, 11) is 0. The van der Waals surface area contributed by atoms with Crippen molar-refractivity contribution < 1.29 is 14.1 Å². The average molecular weight is 288 g/mol. The molecule has 108 valence electrons. The molecule has 0 aliphatic rings. The number of hydrazone groups is 1. The molecule has 8 nitrogen and oxygen atoms in total. The van der Waals surface area contributed by atoms with Gasteiger partial charge in [0.1, 0.15) is 11.5 Å². The monoisotopic (exact) mass is 288 g/mol. The minimum atomic E-state index is -0.785. The summed E-state index contributed by atoms with van der Waals surface area (Å²) >= 11 is 0. The number of benzene rings is 1. The molecule has 0 fully saturated rings. The lowest BCUT2D eigenvalue weighted by molar-refractivity contribution is -0.385. The van der Waals surface area contributed by atoms with E-state index in [9.17, 15) is 14.9 Å². The zero-order chi connectivity index (χ0) is 15.4. The molecule has 2 rings (SSSR count). The molecule has 1 heterocycles. The summed E-state index contributed by atoms with van der Waals surface area (Å²) in [5, 5.41) is 14.5. The zero-order valence-corrected chi connectivity index (χ0v) is 11.1. The third-order valence-corrected chi connectivity index (χ3v) is 2.68. The summed E-state index contributed by atoms with van der Waals surface area (Å²) in [6, 6.07) is 7.30. The highest BCUT2D eigenvalue weighted by Gasteiger charge is 2.13. The Hall–Kier alpha value is -3.16. The van der Waals surface area contributed by atoms with Gasteiger partial charge in [0.15, 0.2) is 0 Å². The summed E-state index contributed by atoms with van der Waals surface area (Å²) in [5.74, 6) is 0.834. The number of aryl methyl sites for hydroxylation is 1. The van der Waals surface area contributed by atoms with Crippen LogP contribution in [0.4, 0.5) is 10.5 Å². The number of nitrogens with zero attached hydrogens (tertiary/aromatic N) is 2. The van der Waals surface area contributed by atoms with Crippen LogP contribution in [0, 0.1) is 17.0 Å². The Morgan fingerprint density at radius 1 is 1.43 bits per heavy atom. The van der Waals surface area contributed by atoms with Crippen molar-refractivity contribution in [2.24, 2.45) is 10.8 Å². The van der Waals surface area contributed by atoms with E-state index in [2.05, 4.69) is 5.10 Å². The smallest absolute Gasteiger partial charge is 0.332 e. The van der Waals surface area contributed by atoms with Crippen LogP contribution in [0.15, 0.2) is 39.9 Å². The lowest BCUT2D eigenvalue weighted by Gasteiger charge is -2.00. The fourth-order valence-corrected chi connectivity index (χ4v) is 1.70. The maximum absolute atomic E-state index is 10.9. The van der Waals surface area contributed by atoms with E-state index in [-0.39, 0.29) is 5.69 Å². The summed E-state index contributed by atoms with van der Waals surface area (Å²) in [5.41, 5.74) is 8.06. The number of hydrogen-bond acceptors (Lipinski definition) is 5. The van der Waals surface area contributed by atoms with Crippen LogP contribution in [0.1, 0.15) is 11.3 Å². The predicted octanol–water partition coefficient (Wildman–Crippen LogP) is 2.17. The Kier molecular flexibility index (Phi) is 3.98. The first-order chi connectivity index (χ1) is 9.97. The number of amides is 2. The van der Waals surface area contributed by atoms with Crippen LogP contribution in [0.2, 0.25) is 0 Å². The molecule has 2 amide bonds. The number of furan rings is 1. The van der Waals surface area contributed by atoms with Crippen LogP contribution in [0.3, 0.4) is 0 Å². The Bertz CT molecular complexity index is 721. The van der Waals surface area contributed by atoms with Crippen molar-refractivity contribution in [2.45, 2.75) is 6.92 Å². The molecule has 1 aromatic carbocycles. The molecule has 0 unspecified atom stereocenters. The molecule has 0 spiro atoms. The van der Waals surface area contributed by atoms with Crippen LogP contribution < -0.4 is 11.2 Å². The van der Waals surface area contributed by atoms with Gasteiger partial charge in [0.05, 0.1) is 11.1 Å². The number of carbonyl (C=O) groups excluding carboxylic acids is 1. The van der Waals surface area contributed by atoms with Crippen molar-refractivity contribution in [3.8, 4) is 11.3 Å². The lowest BCUT2D eigenvalue weighted by atomic mass is 10.1. The third-order valence-electron chi connectivity index (χ3n) is 2.68. The van der Waals surface area contributed by atoms with Crippen molar-refractivity contribution >= 4 is 17.9 Å². The maximum atomic E-state index is 10.9. The van der Waals surface area contributed by atoms with E-state index >= 15 is 0 Å². The molecular formula is C13H12N4O4. The van der Waals surface area contributed by atoms with Gasteiger partial charge in [0, 0.05) is 17.2 Å². The highest BCUT2D eigenvalue weighted by Crippen LogP contribution is 2.27. The van der Waals surface area contributed by atoms with E-state index in [0.717, 1.165) is 0 Å². The molecule has 21 heavy (non-hydrogen) atoms. The van der Waals surface area contributed by atoms with Crippen molar-refractivity contribution in [3.63, 3.8) is 0 Å². The molecule has 0 radical (unpaired) electrons. The van der Waals surface area contributed by atoms with Crippen LogP contribution >= 0.6 is 0 Å². The normalized spacial score (nSPS) is 10.7. The molecule has 3 N–H and O–H groups in total. The van der Waals surface area contributed by atoms with Crippen LogP contribution in [-0.4, -0.2) is 17.2 Å². The molecule has 0 aliphatic heterocycles. The van der Waals surface area contributed by atoms with E-state index in [4.69, 9.17) is 10.2 Å². The zero-order valence-electron chi connectivity index (χ0n) is 11.1. The minimum absolute atomic E-state index is 0.0227. The summed E-state index contributed by atoms with van der Waals surface area (Å²) in [6.07, 6.45) is 1.27. The molecule has 0 saturated heterocycles. The van der Waals surface area contributed by atoms with Gasteiger partial charge in [-0.1, -0.05) is 12.1 Å². The largest absolute Gasteiger partial charge is 0.455 e. The molecule has 1 aromatic heterocycles. The molecule has 0 bridgehead atoms. The van der Waals surface area contributed by atoms with E-state index in [1.54, 1.807) is 31.2 Å². The minimum Gasteiger partial charge on any atom is -0.455 e. The third kappa shape index (κ3) is 3.44. The number of nitrogens with one attached hydrogen (secondary N) is 1. The van der Waals surface area contributed by atoms with E-state index < -0.39 is 11.0 Å². The highest BCUT2D eigenvalue weighted by atomic mass is 16.6. The number of rotatable bonds is 4. The van der Waals surface area contributed by atoms with E-state index in [1.165, 1.54) is 12.3 Å². The first-order valence-electron chi connectivity index (χ1n) is 5.91. The van der Waals surface area contributed by atoms with Gasteiger partial charge in [-0.2, -0.15) is 5.10 Å². The molecular weight excluding hydrogens is 276 g/mol. The summed E-state index contributed by atoms with van der Waals surface area (Å²) < 4.78 is 5.46. The Labute approximate surface area is 119 Å². The van der Waals surface area contributed by atoms with Crippen LogP contribution in [0.5, 0.6) is 0 Å². The fourth-order valence-electron chi connectivity index (χ4n) is 1.70. The maximum Gasteiger partial charge on any atom is 0.332 e. The van der Waals surface area contributed by atoms with Gasteiger partial charge in [0.25, 0.3) is 5.69 Å². The second kappa shape index (κ2) is 5.87.